The van der Waals surface area contributed by atoms with Crippen LogP contribution in [0.15, 0.2) is 30.6 Å². The third kappa shape index (κ3) is 1.95. The predicted octanol–water partition coefficient (Wildman–Crippen LogP) is 1.48. The van der Waals surface area contributed by atoms with E-state index in [1.54, 1.807) is 7.11 Å². The Hall–Kier alpha value is -2.37. The maximum Gasteiger partial charge on any atom is 0.237 e. The van der Waals surface area contributed by atoms with Crippen LogP contribution in [-0.2, 0) is 10.2 Å². The van der Waals surface area contributed by atoms with Crippen molar-refractivity contribution < 1.29 is 9.53 Å². The zero-order chi connectivity index (χ0) is 13.3. The van der Waals surface area contributed by atoms with Gasteiger partial charge in [0.2, 0.25) is 11.9 Å². The lowest BCUT2D eigenvalue weighted by Gasteiger charge is -2.17. The number of nitrogens with one attached hydrogen (secondary N) is 2. The highest BCUT2D eigenvalue weighted by Crippen LogP contribution is 2.51. The number of methoxy groups -OCH3 is 1. The summed E-state index contributed by atoms with van der Waals surface area (Å²) in [6.45, 7) is 0. The van der Waals surface area contributed by atoms with Crippen LogP contribution in [0.25, 0.3) is 0 Å². The summed E-state index contributed by atoms with van der Waals surface area (Å²) in [6, 6.07) is 7.62. The van der Waals surface area contributed by atoms with Gasteiger partial charge in [-0.2, -0.15) is 10.1 Å². The molecule has 2 aromatic rings. The van der Waals surface area contributed by atoms with Gasteiger partial charge in [-0.1, -0.05) is 18.2 Å². The number of hydrogen-bond acceptors (Lipinski definition) is 4. The average molecular weight is 258 g/mol. The highest BCUT2D eigenvalue weighted by atomic mass is 16.5. The molecule has 1 amide bonds. The third-order valence-corrected chi connectivity index (χ3v) is 3.45. The van der Waals surface area contributed by atoms with Gasteiger partial charge in [-0.3, -0.25) is 10.1 Å². The van der Waals surface area contributed by atoms with Gasteiger partial charge in [0.25, 0.3) is 0 Å². The normalized spacial score (nSPS) is 15.8. The Bertz CT molecular complexity index is 590. The summed E-state index contributed by atoms with van der Waals surface area (Å²) in [6.07, 6.45) is 2.99. The summed E-state index contributed by atoms with van der Waals surface area (Å²) >= 11 is 0. The van der Waals surface area contributed by atoms with Crippen molar-refractivity contribution in [2.75, 3.05) is 12.4 Å². The van der Waals surface area contributed by atoms with Gasteiger partial charge in [0.15, 0.2) is 0 Å². The Kier molecular flexibility index (Phi) is 2.70. The first-order valence-electron chi connectivity index (χ1n) is 6.06. The number of rotatable bonds is 4. The quantitative estimate of drug-likeness (QED) is 0.870. The second-order valence-electron chi connectivity index (χ2n) is 4.57. The van der Waals surface area contributed by atoms with Gasteiger partial charge in [-0.15, -0.1) is 0 Å². The Labute approximate surface area is 110 Å². The second kappa shape index (κ2) is 4.38. The number of H-pyrrole nitrogens is 1. The number of ether oxygens (including phenoxy) is 1. The van der Waals surface area contributed by atoms with Gasteiger partial charge in [-0.05, 0) is 18.9 Å². The number of carbonyl (C=O) groups is 1. The first-order valence-corrected chi connectivity index (χ1v) is 6.06. The van der Waals surface area contributed by atoms with Crippen molar-refractivity contribution in [3.05, 3.63) is 36.2 Å². The highest BCUT2D eigenvalue weighted by molar-refractivity contribution is 6.00. The number of benzene rings is 1. The van der Waals surface area contributed by atoms with Crippen LogP contribution in [-0.4, -0.2) is 28.2 Å². The number of carbonyl (C=O) groups excluding carboxylic acids is 1. The maximum atomic E-state index is 12.4. The molecule has 1 aliphatic carbocycles. The van der Waals surface area contributed by atoms with Crippen LogP contribution in [0, 0.1) is 0 Å². The van der Waals surface area contributed by atoms with E-state index in [1.165, 1.54) is 6.33 Å². The molecule has 1 aliphatic rings. The van der Waals surface area contributed by atoms with Crippen LogP contribution in [0.3, 0.4) is 0 Å². The van der Waals surface area contributed by atoms with Crippen molar-refractivity contribution >= 4 is 11.9 Å². The standard InChI is InChI=1S/C13H14N4O2/c1-19-10-5-3-2-4-9(10)13(6-7-13)11(18)16-12-14-8-15-17-12/h2-5,8H,6-7H2,1H3,(H2,14,15,16,17,18). The molecule has 1 aromatic heterocycles. The molecule has 1 fully saturated rings. The van der Waals surface area contributed by atoms with Crippen molar-refractivity contribution in [2.45, 2.75) is 18.3 Å². The first kappa shape index (κ1) is 11.7. The number of aromatic nitrogens is 3. The Balaban J connectivity index is 1.88. The van der Waals surface area contributed by atoms with Crippen molar-refractivity contribution in [2.24, 2.45) is 0 Å². The Morgan fingerprint density at radius 2 is 2.21 bits per heavy atom. The number of nitrogens with zero attached hydrogens (tertiary/aromatic N) is 2. The summed E-state index contributed by atoms with van der Waals surface area (Å²) in [4.78, 5) is 16.3. The zero-order valence-electron chi connectivity index (χ0n) is 10.5. The summed E-state index contributed by atoms with van der Waals surface area (Å²) in [5.41, 5.74) is 0.425. The molecule has 6 nitrogen and oxygen atoms in total. The summed E-state index contributed by atoms with van der Waals surface area (Å²) in [7, 11) is 1.61. The zero-order valence-corrected chi connectivity index (χ0v) is 10.5. The molecule has 0 spiro atoms. The Morgan fingerprint density at radius 3 is 2.84 bits per heavy atom. The molecule has 0 unspecified atom stereocenters. The molecule has 3 rings (SSSR count). The summed E-state index contributed by atoms with van der Waals surface area (Å²) in [5.74, 6) is 1.03. The van der Waals surface area contributed by atoms with Crippen molar-refractivity contribution in [1.82, 2.24) is 15.2 Å². The van der Waals surface area contributed by atoms with Crippen molar-refractivity contribution in [3.8, 4) is 5.75 Å². The molecule has 2 N–H and O–H groups in total. The predicted molar refractivity (Wildman–Crippen MR) is 68.9 cm³/mol. The minimum absolute atomic E-state index is 0.0752. The SMILES string of the molecule is COc1ccccc1C1(C(=O)Nc2ncn[nH]2)CC1. The molecule has 98 valence electrons. The smallest absolute Gasteiger partial charge is 0.237 e. The maximum absolute atomic E-state index is 12.4. The van der Waals surface area contributed by atoms with Gasteiger partial charge < -0.3 is 4.74 Å². The van der Waals surface area contributed by atoms with E-state index >= 15 is 0 Å². The van der Waals surface area contributed by atoms with Gasteiger partial charge in [0.1, 0.15) is 12.1 Å². The van der Waals surface area contributed by atoms with Gasteiger partial charge in [0.05, 0.1) is 12.5 Å². The summed E-state index contributed by atoms with van der Waals surface area (Å²) < 4.78 is 5.34. The van der Waals surface area contributed by atoms with Gasteiger partial charge in [0, 0.05) is 5.56 Å². The molecule has 0 bridgehead atoms. The first-order chi connectivity index (χ1) is 9.26. The third-order valence-electron chi connectivity index (χ3n) is 3.45. The van der Waals surface area contributed by atoms with Crippen LogP contribution in [0.4, 0.5) is 5.95 Å². The van der Waals surface area contributed by atoms with E-state index in [1.807, 2.05) is 24.3 Å². The summed E-state index contributed by atoms with van der Waals surface area (Å²) in [5, 5.41) is 9.08. The molecule has 1 aromatic carbocycles. The van der Waals surface area contributed by atoms with E-state index in [9.17, 15) is 4.79 Å². The van der Waals surface area contributed by atoms with E-state index in [0.717, 1.165) is 24.2 Å². The lowest BCUT2D eigenvalue weighted by molar-refractivity contribution is -0.118. The fraction of sp³-hybridized carbons (Fsp3) is 0.308. The van der Waals surface area contributed by atoms with Gasteiger partial charge >= 0.3 is 0 Å². The molecule has 0 atom stereocenters. The molecule has 1 saturated carbocycles. The fourth-order valence-corrected chi connectivity index (χ4v) is 2.28. The van der Waals surface area contributed by atoms with Crippen LogP contribution in [0.2, 0.25) is 0 Å². The topological polar surface area (TPSA) is 79.9 Å². The molecule has 0 aliphatic heterocycles. The van der Waals surface area contributed by atoms with E-state index in [4.69, 9.17) is 4.74 Å². The lowest BCUT2D eigenvalue weighted by atomic mass is 9.94. The molecular weight excluding hydrogens is 244 g/mol. The molecule has 6 heteroatoms. The number of amides is 1. The van der Waals surface area contributed by atoms with Crippen molar-refractivity contribution in [1.29, 1.82) is 0 Å². The minimum Gasteiger partial charge on any atom is -0.496 e. The molecule has 19 heavy (non-hydrogen) atoms. The number of aromatic amines is 1. The van der Waals surface area contributed by atoms with Crippen molar-refractivity contribution in [3.63, 3.8) is 0 Å². The van der Waals surface area contributed by atoms with Crippen LogP contribution in [0.5, 0.6) is 5.75 Å². The van der Waals surface area contributed by atoms with Gasteiger partial charge in [-0.25, -0.2) is 5.10 Å². The van der Waals surface area contributed by atoms with Crippen LogP contribution >= 0.6 is 0 Å². The lowest BCUT2D eigenvalue weighted by Crippen LogP contribution is -2.28. The minimum atomic E-state index is -0.501. The fourth-order valence-electron chi connectivity index (χ4n) is 2.28. The average Bonchev–Trinajstić information content (AvgIpc) is 3.11. The Morgan fingerprint density at radius 1 is 1.42 bits per heavy atom. The number of anilines is 1. The highest BCUT2D eigenvalue weighted by Gasteiger charge is 2.53. The monoisotopic (exact) mass is 258 g/mol. The van der Waals surface area contributed by atoms with Crippen LogP contribution in [0.1, 0.15) is 18.4 Å². The van der Waals surface area contributed by atoms with E-state index in [0.29, 0.717) is 5.95 Å². The van der Waals surface area contributed by atoms with E-state index in [-0.39, 0.29) is 5.91 Å². The van der Waals surface area contributed by atoms with E-state index < -0.39 is 5.41 Å². The van der Waals surface area contributed by atoms with Crippen LogP contribution < -0.4 is 10.1 Å². The second-order valence-corrected chi connectivity index (χ2v) is 4.57. The number of hydrogen-bond donors (Lipinski definition) is 2. The molecule has 0 saturated heterocycles. The number of para-hydroxylation sites is 1. The largest absolute Gasteiger partial charge is 0.496 e. The molecule has 0 radical (unpaired) electrons. The molecular formula is C13H14N4O2. The van der Waals surface area contributed by atoms with E-state index in [2.05, 4.69) is 20.5 Å². The molecule has 1 heterocycles.